The number of hydrogen-bond donors (Lipinski definition) is 1. The maximum Gasteiger partial charge on any atom is 0.287 e. The number of hydrogen-bond acceptors (Lipinski definition) is 4. The molecule has 0 atom stereocenters. The summed E-state index contributed by atoms with van der Waals surface area (Å²) in [5.41, 5.74) is 2.68. The Morgan fingerprint density at radius 3 is 2.68 bits per heavy atom. The van der Waals surface area contributed by atoms with Crippen molar-refractivity contribution in [2.75, 3.05) is 20.3 Å². The van der Waals surface area contributed by atoms with Gasteiger partial charge in [-0.2, -0.15) is 0 Å². The summed E-state index contributed by atoms with van der Waals surface area (Å²) in [7, 11) is 1.62. The predicted molar refractivity (Wildman–Crippen MR) is 110 cm³/mol. The number of carbonyl (C=O) groups is 1. The van der Waals surface area contributed by atoms with E-state index in [-0.39, 0.29) is 5.91 Å². The molecule has 0 aliphatic heterocycles. The van der Waals surface area contributed by atoms with Gasteiger partial charge in [-0.15, -0.1) is 0 Å². The number of furan rings is 1. The summed E-state index contributed by atoms with van der Waals surface area (Å²) in [5.74, 6) is 1.02. The zero-order valence-corrected chi connectivity index (χ0v) is 17.1. The summed E-state index contributed by atoms with van der Waals surface area (Å²) in [6.07, 6.45) is 6.38. The second-order valence-corrected chi connectivity index (χ2v) is 7.64. The largest absolute Gasteiger partial charge is 0.455 e. The molecule has 0 unspecified atom stereocenters. The van der Waals surface area contributed by atoms with E-state index < -0.39 is 0 Å². The maximum atomic E-state index is 12.2. The van der Waals surface area contributed by atoms with Crippen LogP contribution in [0.5, 0.6) is 0 Å². The molecular weight excluding hydrogens is 352 g/mol. The topological polar surface area (TPSA) is 54.7 Å². The van der Waals surface area contributed by atoms with Gasteiger partial charge in [-0.1, -0.05) is 43.5 Å². The Bertz CT molecular complexity index is 750. The third-order valence-electron chi connectivity index (χ3n) is 5.56. The van der Waals surface area contributed by atoms with Gasteiger partial charge < -0.3 is 14.5 Å². The molecular formula is C23H32N2O3. The van der Waals surface area contributed by atoms with Crippen LogP contribution in [0.2, 0.25) is 0 Å². The van der Waals surface area contributed by atoms with Gasteiger partial charge in [0.2, 0.25) is 0 Å². The molecule has 1 aromatic heterocycles. The summed E-state index contributed by atoms with van der Waals surface area (Å²) < 4.78 is 10.8. The number of rotatable bonds is 9. The molecule has 1 aromatic carbocycles. The quantitative estimate of drug-likeness (QED) is 0.655. The Hall–Kier alpha value is -2.11. The molecule has 152 valence electrons. The maximum absolute atomic E-state index is 12.2. The van der Waals surface area contributed by atoms with Crippen LogP contribution >= 0.6 is 0 Å². The van der Waals surface area contributed by atoms with Crippen molar-refractivity contribution in [3.8, 4) is 0 Å². The molecule has 28 heavy (non-hydrogen) atoms. The lowest BCUT2D eigenvalue weighted by Gasteiger charge is -2.34. The number of carbonyl (C=O) groups excluding carboxylic acids is 1. The number of methoxy groups -OCH3 is 1. The fraction of sp³-hybridized carbons (Fsp3) is 0.522. The Morgan fingerprint density at radius 1 is 1.14 bits per heavy atom. The highest BCUT2D eigenvalue weighted by Gasteiger charge is 2.23. The van der Waals surface area contributed by atoms with E-state index in [2.05, 4.69) is 41.4 Å². The molecule has 5 nitrogen and oxygen atoms in total. The highest BCUT2D eigenvalue weighted by Crippen LogP contribution is 2.26. The molecule has 2 aromatic rings. The van der Waals surface area contributed by atoms with Gasteiger partial charge in [0, 0.05) is 26.2 Å². The van der Waals surface area contributed by atoms with Crippen LogP contribution in [0.15, 0.2) is 40.8 Å². The molecule has 5 heteroatoms. The lowest BCUT2D eigenvalue weighted by atomic mass is 9.93. The Morgan fingerprint density at radius 2 is 1.93 bits per heavy atom. The number of aryl methyl sites for hydroxylation is 1. The van der Waals surface area contributed by atoms with E-state index >= 15 is 0 Å². The van der Waals surface area contributed by atoms with Crippen molar-refractivity contribution in [2.24, 2.45) is 0 Å². The SMILES string of the molecule is COCCNC(=O)c1ccc(CN(Cc2ccccc2C)C2CCCCC2)o1. The van der Waals surface area contributed by atoms with E-state index in [1.807, 2.05) is 6.07 Å². The van der Waals surface area contributed by atoms with E-state index in [0.717, 1.165) is 18.8 Å². The van der Waals surface area contributed by atoms with Crippen molar-refractivity contribution in [2.45, 2.75) is 58.2 Å². The summed E-state index contributed by atoms with van der Waals surface area (Å²) in [6, 6.07) is 12.8. The normalized spacial score (nSPS) is 15.1. The fourth-order valence-electron chi connectivity index (χ4n) is 3.91. The number of nitrogens with zero attached hydrogens (tertiary/aromatic N) is 1. The first kappa shape index (κ1) is 20.6. The van der Waals surface area contributed by atoms with Gasteiger partial charge >= 0.3 is 0 Å². The third kappa shape index (κ3) is 5.69. The Kier molecular flexibility index (Phi) is 7.69. The van der Waals surface area contributed by atoms with Crippen molar-refractivity contribution in [3.63, 3.8) is 0 Å². The van der Waals surface area contributed by atoms with E-state index in [4.69, 9.17) is 9.15 Å². The molecule has 0 saturated heterocycles. The summed E-state index contributed by atoms with van der Waals surface area (Å²) in [6.45, 7) is 4.78. The van der Waals surface area contributed by atoms with Crippen LogP contribution in [-0.4, -0.2) is 37.1 Å². The van der Waals surface area contributed by atoms with E-state index in [1.54, 1.807) is 13.2 Å². The van der Waals surface area contributed by atoms with Crippen LogP contribution in [0.25, 0.3) is 0 Å². The minimum Gasteiger partial charge on any atom is -0.455 e. The van der Waals surface area contributed by atoms with Gasteiger partial charge in [-0.25, -0.2) is 0 Å². The predicted octanol–water partition coefficient (Wildman–Crippen LogP) is 4.30. The van der Waals surface area contributed by atoms with Gasteiger partial charge in [0.1, 0.15) is 5.76 Å². The van der Waals surface area contributed by atoms with Crippen LogP contribution in [0, 0.1) is 6.92 Å². The van der Waals surface area contributed by atoms with Crippen molar-refractivity contribution in [1.29, 1.82) is 0 Å². The van der Waals surface area contributed by atoms with Crippen LogP contribution in [0.4, 0.5) is 0 Å². The molecule has 0 radical (unpaired) electrons. The smallest absolute Gasteiger partial charge is 0.287 e. The first-order valence-corrected chi connectivity index (χ1v) is 10.3. The summed E-state index contributed by atoms with van der Waals surface area (Å²) in [4.78, 5) is 14.7. The summed E-state index contributed by atoms with van der Waals surface area (Å²) >= 11 is 0. The van der Waals surface area contributed by atoms with Gasteiger partial charge in [0.05, 0.1) is 13.2 Å². The zero-order chi connectivity index (χ0) is 19.8. The first-order chi connectivity index (χ1) is 13.7. The third-order valence-corrected chi connectivity index (χ3v) is 5.56. The van der Waals surface area contributed by atoms with Crippen molar-refractivity contribution in [3.05, 3.63) is 59.0 Å². The van der Waals surface area contributed by atoms with Gasteiger partial charge in [0.15, 0.2) is 5.76 Å². The molecule has 1 saturated carbocycles. The van der Waals surface area contributed by atoms with E-state index in [9.17, 15) is 4.79 Å². The average molecular weight is 385 g/mol. The fourth-order valence-corrected chi connectivity index (χ4v) is 3.91. The molecule has 1 N–H and O–H groups in total. The molecule has 1 aliphatic carbocycles. The first-order valence-electron chi connectivity index (χ1n) is 10.3. The zero-order valence-electron chi connectivity index (χ0n) is 17.1. The second kappa shape index (κ2) is 10.4. The molecule has 0 bridgehead atoms. The van der Waals surface area contributed by atoms with E-state index in [0.29, 0.717) is 25.0 Å². The number of ether oxygens (including phenoxy) is 1. The minimum atomic E-state index is -0.188. The lowest BCUT2D eigenvalue weighted by Crippen LogP contribution is -2.36. The van der Waals surface area contributed by atoms with Crippen LogP contribution in [0.3, 0.4) is 0 Å². The number of amides is 1. The van der Waals surface area contributed by atoms with Gasteiger partial charge in [-0.3, -0.25) is 9.69 Å². The Labute approximate surface area is 168 Å². The number of benzene rings is 1. The Balaban J connectivity index is 1.69. The van der Waals surface area contributed by atoms with E-state index in [1.165, 1.54) is 43.2 Å². The molecule has 1 amide bonds. The van der Waals surface area contributed by atoms with Crippen molar-refractivity contribution in [1.82, 2.24) is 10.2 Å². The van der Waals surface area contributed by atoms with Gasteiger partial charge in [-0.05, 0) is 43.0 Å². The molecule has 1 aliphatic rings. The van der Waals surface area contributed by atoms with Crippen LogP contribution in [0.1, 0.15) is 59.5 Å². The molecule has 0 spiro atoms. The highest BCUT2D eigenvalue weighted by molar-refractivity contribution is 5.91. The standard InChI is InChI=1S/C23H32N2O3/c1-18-8-6-7-9-19(18)16-25(20-10-4-3-5-11-20)17-21-12-13-22(28-21)23(26)24-14-15-27-2/h6-9,12-13,20H,3-5,10-11,14-17H2,1-2H3,(H,24,26). The van der Waals surface area contributed by atoms with Gasteiger partial charge in [0.25, 0.3) is 5.91 Å². The molecule has 3 rings (SSSR count). The van der Waals surface area contributed by atoms with Crippen LogP contribution in [-0.2, 0) is 17.8 Å². The number of nitrogens with one attached hydrogen (secondary N) is 1. The monoisotopic (exact) mass is 384 g/mol. The minimum absolute atomic E-state index is 0.188. The van der Waals surface area contributed by atoms with Crippen molar-refractivity contribution >= 4 is 5.91 Å². The molecule has 1 heterocycles. The summed E-state index contributed by atoms with van der Waals surface area (Å²) in [5, 5.41) is 2.81. The van der Waals surface area contributed by atoms with Crippen molar-refractivity contribution < 1.29 is 13.9 Å². The second-order valence-electron chi connectivity index (χ2n) is 7.64. The average Bonchev–Trinajstić information content (AvgIpc) is 3.18. The lowest BCUT2D eigenvalue weighted by molar-refractivity contribution is 0.0900. The molecule has 1 fully saturated rings. The van der Waals surface area contributed by atoms with Crippen LogP contribution < -0.4 is 5.32 Å². The highest BCUT2D eigenvalue weighted by atomic mass is 16.5.